The summed E-state index contributed by atoms with van der Waals surface area (Å²) in [4.78, 5) is 12.3. The third-order valence-electron chi connectivity index (χ3n) is 3.70. The fraction of sp³-hybridized carbons (Fsp3) is 0.263. The van der Waals surface area contributed by atoms with Crippen LogP contribution in [0.5, 0.6) is 11.5 Å². The van der Waals surface area contributed by atoms with Gasteiger partial charge in [0.2, 0.25) is 0 Å². The molecule has 118 valence electrons. The van der Waals surface area contributed by atoms with E-state index in [1.54, 1.807) is 31.2 Å². The largest absolute Gasteiger partial charge is 0.479 e. The highest BCUT2D eigenvalue weighted by atomic mass is 16.6. The number of benzene rings is 2. The number of carbonyl (C=O) groups excluding carboxylic acids is 1. The van der Waals surface area contributed by atoms with E-state index in [4.69, 9.17) is 14.7 Å². The molecular formula is C19H19NO3. The molecule has 2 aromatic rings. The molecule has 0 heterocycles. The number of aryl methyl sites for hydroxylation is 2. The summed E-state index contributed by atoms with van der Waals surface area (Å²) in [5.41, 5.74) is 3.47. The molecule has 2 rings (SSSR count). The minimum Gasteiger partial charge on any atom is -0.479 e. The highest BCUT2D eigenvalue weighted by molar-refractivity contribution is 5.78. The SMILES string of the molecule is Cc1ccc(C)c(OC(=O)[C@@H](C)Oc2ccc(C#N)cc2)c1C. The monoisotopic (exact) mass is 309 g/mol. The van der Waals surface area contributed by atoms with Gasteiger partial charge in [0.1, 0.15) is 11.5 Å². The van der Waals surface area contributed by atoms with E-state index < -0.39 is 12.1 Å². The molecular weight excluding hydrogens is 290 g/mol. The molecule has 0 unspecified atom stereocenters. The Labute approximate surface area is 136 Å². The topological polar surface area (TPSA) is 59.3 Å². The third kappa shape index (κ3) is 3.89. The van der Waals surface area contributed by atoms with Crippen molar-refractivity contribution in [1.29, 1.82) is 5.26 Å². The lowest BCUT2D eigenvalue weighted by atomic mass is 10.1. The predicted octanol–water partition coefficient (Wildman–Crippen LogP) is 3.86. The van der Waals surface area contributed by atoms with Crippen LogP contribution in [0.25, 0.3) is 0 Å². The van der Waals surface area contributed by atoms with Crippen molar-refractivity contribution in [2.24, 2.45) is 0 Å². The molecule has 0 aliphatic heterocycles. The number of ether oxygens (including phenoxy) is 2. The van der Waals surface area contributed by atoms with Gasteiger partial charge in [0.25, 0.3) is 0 Å². The van der Waals surface area contributed by atoms with Crippen LogP contribution in [-0.2, 0) is 4.79 Å². The lowest BCUT2D eigenvalue weighted by molar-refractivity contribution is -0.141. The van der Waals surface area contributed by atoms with Gasteiger partial charge in [-0.1, -0.05) is 12.1 Å². The van der Waals surface area contributed by atoms with Crippen LogP contribution >= 0.6 is 0 Å². The van der Waals surface area contributed by atoms with E-state index in [-0.39, 0.29) is 0 Å². The van der Waals surface area contributed by atoms with E-state index in [2.05, 4.69) is 0 Å². The number of rotatable bonds is 4. The summed E-state index contributed by atoms with van der Waals surface area (Å²) in [6.07, 6.45) is -0.748. The van der Waals surface area contributed by atoms with Crippen molar-refractivity contribution in [3.8, 4) is 17.6 Å². The quantitative estimate of drug-likeness (QED) is 0.635. The van der Waals surface area contributed by atoms with E-state index in [9.17, 15) is 4.79 Å². The lowest BCUT2D eigenvalue weighted by Gasteiger charge is -2.17. The van der Waals surface area contributed by atoms with Gasteiger partial charge in [0.15, 0.2) is 6.10 Å². The Bertz CT molecular complexity index is 757. The van der Waals surface area contributed by atoms with E-state index in [0.29, 0.717) is 17.1 Å². The van der Waals surface area contributed by atoms with E-state index >= 15 is 0 Å². The Morgan fingerprint density at radius 3 is 2.26 bits per heavy atom. The molecule has 0 spiro atoms. The number of esters is 1. The molecule has 2 aromatic carbocycles. The van der Waals surface area contributed by atoms with Crippen molar-refractivity contribution >= 4 is 5.97 Å². The molecule has 0 aromatic heterocycles. The Morgan fingerprint density at radius 1 is 1.04 bits per heavy atom. The average Bonchev–Trinajstić information content (AvgIpc) is 2.55. The molecule has 0 radical (unpaired) electrons. The van der Waals surface area contributed by atoms with Crippen LogP contribution < -0.4 is 9.47 Å². The average molecular weight is 309 g/mol. The Hall–Kier alpha value is -2.80. The first-order chi connectivity index (χ1) is 10.9. The highest BCUT2D eigenvalue weighted by Crippen LogP contribution is 2.26. The van der Waals surface area contributed by atoms with Gasteiger partial charge in [0.05, 0.1) is 11.6 Å². The Morgan fingerprint density at radius 2 is 1.65 bits per heavy atom. The standard InChI is InChI=1S/C19H19NO3/c1-12-5-6-13(2)18(14(12)3)23-19(21)15(4)22-17-9-7-16(11-20)8-10-17/h5-10,15H,1-4H3/t15-/m1/s1. The second kappa shape index (κ2) is 6.97. The smallest absolute Gasteiger partial charge is 0.352 e. The first-order valence-corrected chi connectivity index (χ1v) is 7.37. The summed E-state index contributed by atoms with van der Waals surface area (Å²) in [6, 6.07) is 12.6. The van der Waals surface area contributed by atoms with Crippen LogP contribution in [0.15, 0.2) is 36.4 Å². The first kappa shape index (κ1) is 16.6. The molecule has 0 aliphatic carbocycles. The van der Waals surface area contributed by atoms with Gasteiger partial charge in [-0.15, -0.1) is 0 Å². The summed E-state index contributed by atoms with van der Waals surface area (Å²) >= 11 is 0. The van der Waals surface area contributed by atoms with E-state index in [1.165, 1.54) is 0 Å². The molecule has 0 amide bonds. The zero-order valence-electron chi connectivity index (χ0n) is 13.7. The number of nitrogens with zero attached hydrogens (tertiary/aromatic N) is 1. The zero-order valence-corrected chi connectivity index (χ0v) is 13.7. The van der Waals surface area contributed by atoms with Crippen LogP contribution in [0, 0.1) is 32.1 Å². The minimum absolute atomic E-state index is 0.453. The van der Waals surface area contributed by atoms with Gasteiger partial charge in [-0.3, -0.25) is 0 Å². The second-order valence-electron chi connectivity index (χ2n) is 5.47. The molecule has 0 fully saturated rings. The minimum atomic E-state index is -0.748. The molecule has 0 saturated carbocycles. The molecule has 0 saturated heterocycles. The summed E-state index contributed by atoms with van der Waals surface area (Å²) in [6.45, 7) is 7.45. The Balaban J connectivity index is 2.08. The van der Waals surface area contributed by atoms with Gasteiger partial charge in [-0.25, -0.2) is 4.79 Å². The zero-order chi connectivity index (χ0) is 17.0. The number of carbonyl (C=O) groups is 1. The van der Waals surface area contributed by atoms with Gasteiger partial charge in [0, 0.05) is 0 Å². The van der Waals surface area contributed by atoms with Gasteiger partial charge < -0.3 is 9.47 Å². The molecule has 0 bridgehead atoms. The molecule has 0 aliphatic rings. The molecule has 0 N–H and O–H groups in total. The van der Waals surface area contributed by atoms with Crippen LogP contribution in [0.1, 0.15) is 29.2 Å². The number of hydrogen-bond donors (Lipinski definition) is 0. The Kier molecular flexibility index (Phi) is 5.02. The second-order valence-corrected chi connectivity index (χ2v) is 5.47. The number of nitriles is 1. The first-order valence-electron chi connectivity index (χ1n) is 7.37. The highest BCUT2D eigenvalue weighted by Gasteiger charge is 2.19. The molecule has 4 heteroatoms. The van der Waals surface area contributed by atoms with Crippen molar-refractivity contribution in [1.82, 2.24) is 0 Å². The van der Waals surface area contributed by atoms with E-state index in [1.807, 2.05) is 39.0 Å². The van der Waals surface area contributed by atoms with Crippen LogP contribution in [0.2, 0.25) is 0 Å². The maximum absolute atomic E-state index is 12.3. The van der Waals surface area contributed by atoms with Gasteiger partial charge >= 0.3 is 5.97 Å². The summed E-state index contributed by atoms with van der Waals surface area (Å²) in [5, 5.41) is 8.77. The van der Waals surface area contributed by atoms with Crippen molar-refractivity contribution in [3.05, 3.63) is 58.7 Å². The maximum atomic E-state index is 12.3. The molecule has 4 nitrogen and oxygen atoms in total. The van der Waals surface area contributed by atoms with Crippen molar-refractivity contribution in [2.75, 3.05) is 0 Å². The van der Waals surface area contributed by atoms with Crippen LogP contribution in [-0.4, -0.2) is 12.1 Å². The predicted molar refractivity (Wildman–Crippen MR) is 87.5 cm³/mol. The molecule has 23 heavy (non-hydrogen) atoms. The fourth-order valence-electron chi connectivity index (χ4n) is 2.13. The van der Waals surface area contributed by atoms with Crippen molar-refractivity contribution < 1.29 is 14.3 Å². The summed E-state index contributed by atoms with van der Waals surface area (Å²) < 4.78 is 11.1. The third-order valence-corrected chi connectivity index (χ3v) is 3.70. The van der Waals surface area contributed by atoms with Gasteiger partial charge in [-0.2, -0.15) is 5.26 Å². The maximum Gasteiger partial charge on any atom is 0.352 e. The van der Waals surface area contributed by atoms with Crippen LogP contribution in [0.4, 0.5) is 0 Å². The van der Waals surface area contributed by atoms with Crippen LogP contribution in [0.3, 0.4) is 0 Å². The van der Waals surface area contributed by atoms with Crippen molar-refractivity contribution in [2.45, 2.75) is 33.8 Å². The number of hydrogen-bond acceptors (Lipinski definition) is 4. The van der Waals surface area contributed by atoms with Crippen molar-refractivity contribution in [3.63, 3.8) is 0 Å². The fourth-order valence-corrected chi connectivity index (χ4v) is 2.13. The lowest BCUT2D eigenvalue weighted by Crippen LogP contribution is -2.29. The summed E-state index contributed by atoms with van der Waals surface area (Å²) in [5.74, 6) is 0.655. The molecule has 1 atom stereocenters. The van der Waals surface area contributed by atoms with Gasteiger partial charge in [-0.05, 0) is 68.7 Å². The normalized spacial score (nSPS) is 11.4. The van der Waals surface area contributed by atoms with E-state index in [0.717, 1.165) is 16.7 Å². The summed E-state index contributed by atoms with van der Waals surface area (Å²) in [7, 11) is 0.